The van der Waals surface area contributed by atoms with Crippen LogP contribution < -0.4 is 10.6 Å². The van der Waals surface area contributed by atoms with E-state index in [1.165, 1.54) is 0 Å². The van der Waals surface area contributed by atoms with Crippen LogP contribution >= 0.6 is 11.3 Å². The van der Waals surface area contributed by atoms with Crippen molar-refractivity contribution in [3.05, 3.63) is 48.0 Å². The van der Waals surface area contributed by atoms with Gasteiger partial charge in [-0.2, -0.15) is 0 Å². The topological polar surface area (TPSA) is 76.3 Å². The molecule has 2 N–H and O–H groups in total. The number of amides is 2. The van der Waals surface area contributed by atoms with E-state index in [1.54, 1.807) is 16.2 Å². The van der Waals surface area contributed by atoms with Crippen molar-refractivity contribution in [1.29, 1.82) is 0 Å². The van der Waals surface area contributed by atoms with Gasteiger partial charge in [-0.1, -0.05) is 24.3 Å². The fraction of sp³-hybridized carbons (Fsp3) is 0.211. The van der Waals surface area contributed by atoms with E-state index in [9.17, 15) is 9.59 Å². The molecule has 0 radical (unpaired) electrons. The first-order valence-electron chi connectivity index (χ1n) is 8.09. The molecule has 4 rings (SSSR count). The Morgan fingerprint density at radius 3 is 2.80 bits per heavy atom. The summed E-state index contributed by atoms with van der Waals surface area (Å²) < 4.78 is 1.13. The highest BCUT2D eigenvalue weighted by Gasteiger charge is 2.34. The van der Waals surface area contributed by atoms with Crippen LogP contribution in [0.3, 0.4) is 0 Å². The molecule has 1 aromatic heterocycles. The van der Waals surface area contributed by atoms with Gasteiger partial charge < -0.3 is 10.6 Å². The van der Waals surface area contributed by atoms with E-state index in [2.05, 4.69) is 4.98 Å². The van der Waals surface area contributed by atoms with Gasteiger partial charge >= 0.3 is 0 Å². The molecule has 1 aliphatic rings. The van der Waals surface area contributed by atoms with Gasteiger partial charge in [-0.15, -0.1) is 11.3 Å². The van der Waals surface area contributed by atoms with Crippen LogP contribution in [0.5, 0.6) is 0 Å². The SMILES string of the molecule is Cc1ccc(-c2nc3ccccc3s2)cc1N1C[C@@H](C(N)=O)CC1=O. The smallest absolute Gasteiger partial charge is 0.227 e. The number of anilines is 1. The van der Waals surface area contributed by atoms with E-state index in [0.717, 1.165) is 32.0 Å². The van der Waals surface area contributed by atoms with Gasteiger partial charge in [-0.05, 0) is 30.7 Å². The van der Waals surface area contributed by atoms with Crippen LogP contribution in [-0.4, -0.2) is 23.3 Å². The number of para-hydroxylation sites is 1. The van der Waals surface area contributed by atoms with Crippen molar-refractivity contribution in [3.8, 4) is 10.6 Å². The van der Waals surface area contributed by atoms with Gasteiger partial charge in [0.25, 0.3) is 0 Å². The molecule has 3 aromatic rings. The van der Waals surface area contributed by atoms with Crippen molar-refractivity contribution in [3.63, 3.8) is 0 Å². The quantitative estimate of drug-likeness (QED) is 0.788. The third-order valence-electron chi connectivity index (χ3n) is 4.57. The summed E-state index contributed by atoms with van der Waals surface area (Å²) in [4.78, 5) is 30.1. The van der Waals surface area contributed by atoms with E-state index in [1.807, 2.05) is 49.4 Å². The molecule has 1 fully saturated rings. The van der Waals surface area contributed by atoms with Crippen molar-refractivity contribution in [2.75, 3.05) is 11.4 Å². The lowest BCUT2D eigenvalue weighted by molar-refractivity contribution is -0.123. The molecule has 2 amide bonds. The maximum absolute atomic E-state index is 12.3. The third-order valence-corrected chi connectivity index (χ3v) is 5.65. The number of aromatic nitrogens is 1. The number of carbonyl (C=O) groups excluding carboxylic acids is 2. The molecule has 25 heavy (non-hydrogen) atoms. The Kier molecular flexibility index (Phi) is 3.77. The molecular formula is C19H17N3O2S. The first kappa shape index (κ1) is 15.8. The number of aryl methyl sites for hydroxylation is 1. The van der Waals surface area contributed by atoms with Crippen molar-refractivity contribution >= 4 is 39.1 Å². The van der Waals surface area contributed by atoms with Crippen molar-refractivity contribution in [2.45, 2.75) is 13.3 Å². The van der Waals surface area contributed by atoms with Crippen LogP contribution in [0.1, 0.15) is 12.0 Å². The number of primary amides is 1. The lowest BCUT2D eigenvalue weighted by Gasteiger charge is -2.19. The fourth-order valence-corrected chi connectivity index (χ4v) is 4.12. The van der Waals surface area contributed by atoms with Gasteiger partial charge in [-0.25, -0.2) is 4.98 Å². The second kappa shape index (κ2) is 5.97. The molecule has 0 unspecified atom stereocenters. The van der Waals surface area contributed by atoms with Gasteiger partial charge in [0.15, 0.2) is 0 Å². The van der Waals surface area contributed by atoms with E-state index in [4.69, 9.17) is 5.73 Å². The Labute approximate surface area is 149 Å². The Bertz CT molecular complexity index is 962. The number of hydrogen-bond acceptors (Lipinski definition) is 4. The summed E-state index contributed by atoms with van der Waals surface area (Å²) in [6, 6.07) is 14.0. The molecule has 6 heteroatoms. The minimum Gasteiger partial charge on any atom is -0.369 e. The standard InChI is InChI=1S/C19H17N3O2S/c1-11-6-7-12(19-21-14-4-2-3-5-16(14)25-19)8-15(11)22-10-13(18(20)24)9-17(22)23/h2-8,13H,9-10H2,1H3,(H2,20,24)/t13-/m0/s1. The zero-order chi connectivity index (χ0) is 17.6. The Balaban J connectivity index is 1.74. The molecule has 2 aromatic carbocycles. The number of hydrogen-bond donors (Lipinski definition) is 1. The Hall–Kier alpha value is -2.73. The zero-order valence-electron chi connectivity index (χ0n) is 13.7. The number of thiazole rings is 1. The Morgan fingerprint density at radius 2 is 2.08 bits per heavy atom. The van der Waals surface area contributed by atoms with Crippen LogP contribution in [0.15, 0.2) is 42.5 Å². The van der Waals surface area contributed by atoms with E-state index < -0.39 is 11.8 Å². The minimum absolute atomic E-state index is 0.0617. The van der Waals surface area contributed by atoms with E-state index in [0.29, 0.717) is 6.54 Å². The number of fused-ring (bicyclic) bond motifs is 1. The van der Waals surface area contributed by atoms with Crippen molar-refractivity contribution in [2.24, 2.45) is 11.7 Å². The maximum Gasteiger partial charge on any atom is 0.227 e. The highest BCUT2D eigenvalue weighted by atomic mass is 32.1. The predicted molar refractivity (Wildman–Crippen MR) is 99.4 cm³/mol. The van der Waals surface area contributed by atoms with Gasteiger partial charge in [0.1, 0.15) is 5.01 Å². The summed E-state index contributed by atoms with van der Waals surface area (Å²) in [5.41, 5.74) is 9.13. The number of benzene rings is 2. The molecule has 2 heterocycles. The van der Waals surface area contributed by atoms with Crippen LogP contribution in [0.2, 0.25) is 0 Å². The van der Waals surface area contributed by atoms with Crippen molar-refractivity contribution < 1.29 is 9.59 Å². The lowest BCUT2D eigenvalue weighted by Crippen LogP contribution is -2.28. The number of nitrogens with two attached hydrogens (primary N) is 1. The van der Waals surface area contributed by atoms with Gasteiger partial charge in [-0.3, -0.25) is 9.59 Å². The van der Waals surface area contributed by atoms with Gasteiger partial charge in [0, 0.05) is 24.2 Å². The zero-order valence-corrected chi connectivity index (χ0v) is 14.5. The maximum atomic E-state index is 12.3. The van der Waals surface area contributed by atoms with Crippen LogP contribution in [-0.2, 0) is 9.59 Å². The second-order valence-corrected chi connectivity index (χ2v) is 7.33. The van der Waals surface area contributed by atoms with Gasteiger partial charge in [0.05, 0.1) is 16.1 Å². The number of rotatable bonds is 3. The fourth-order valence-electron chi connectivity index (χ4n) is 3.16. The van der Waals surface area contributed by atoms with E-state index >= 15 is 0 Å². The highest BCUT2D eigenvalue weighted by molar-refractivity contribution is 7.21. The predicted octanol–water partition coefficient (Wildman–Crippen LogP) is 3.11. The Morgan fingerprint density at radius 1 is 1.28 bits per heavy atom. The molecule has 0 bridgehead atoms. The monoisotopic (exact) mass is 351 g/mol. The first-order chi connectivity index (χ1) is 12.0. The minimum atomic E-state index is -0.421. The third kappa shape index (κ3) is 2.78. The largest absolute Gasteiger partial charge is 0.369 e. The van der Waals surface area contributed by atoms with Crippen LogP contribution in [0, 0.1) is 12.8 Å². The van der Waals surface area contributed by atoms with Crippen LogP contribution in [0.4, 0.5) is 5.69 Å². The van der Waals surface area contributed by atoms with Gasteiger partial charge in [0.2, 0.25) is 11.8 Å². The summed E-state index contributed by atoms with van der Waals surface area (Å²) in [7, 11) is 0. The van der Waals surface area contributed by atoms with Crippen molar-refractivity contribution in [1.82, 2.24) is 4.98 Å². The number of carbonyl (C=O) groups is 2. The molecule has 126 valence electrons. The molecule has 1 atom stereocenters. The molecule has 0 saturated carbocycles. The summed E-state index contributed by atoms with van der Waals surface area (Å²) in [6.45, 7) is 2.31. The molecule has 0 spiro atoms. The second-order valence-electron chi connectivity index (χ2n) is 6.30. The van der Waals surface area contributed by atoms with E-state index in [-0.39, 0.29) is 12.3 Å². The lowest BCUT2D eigenvalue weighted by atomic mass is 10.1. The molecule has 5 nitrogen and oxygen atoms in total. The molecule has 1 saturated heterocycles. The molecule has 1 aliphatic heterocycles. The number of nitrogens with zero attached hydrogens (tertiary/aromatic N) is 2. The summed E-state index contributed by atoms with van der Waals surface area (Å²) in [6.07, 6.45) is 0.181. The first-order valence-corrected chi connectivity index (χ1v) is 8.91. The highest BCUT2D eigenvalue weighted by Crippen LogP contribution is 2.35. The average molecular weight is 351 g/mol. The molecule has 0 aliphatic carbocycles. The normalized spacial score (nSPS) is 17.4. The average Bonchev–Trinajstić information content (AvgIpc) is 3.19. The van der Waals surface area contributed by atoms with Crippen LogP contribution in [0.25, 0.3) is 20.8 Å². The summed E-state index contributed by atoms with van der Waals surface area (Å²) in [5.74, 6) is -0.901. The summed E-state index contributed by atoms with van der Waals surface area (Å²) in [5, 5.41) is 0.917. The summed E-state index contributed by atoms with van der Waals surface area (Å²) >= 11 is 1.63. The molecular weight excluding hydrogens is 334 g/mol.